The van der Waals surface area contributed by atoms with Crippen LogP contribution in [0.1, 0.15) is 29.6 Å². The predicted octanol–water partition coefficient (Wildman–Crippen LogP) is 2.18. The number of likely N-dealkylation sites (tertiary alicyclic amines) is 1. The summed E-state index contributed by atoms with van der Waals surface area (Å²) in [5.41, 5.74) is 0.749. The van der Waals surface area contributed by atoms with Gasteiger partial charge in [0.25, 0.3) is 5.91 Å². The Labute approximate surface area is 154 Å². The molecule has 2 amide bonds. The fourth-order valence-electron chi connectivity index (χ4n) is 3.51. The largest absolute Gasteiger partial charge is 0.342 e. The van der Waals surface area contributed by atoms with Crippen LogP contribution in [0.5, 0.6) is 0 Å². The fourth-order valence-corrected chi connectivity index (χ4v) is 3.91. The van der Waals surface area contributed by atoms with Crippen LogP contribution < -0.4 is 0 Å². The lowest BCUT2D eigenvalue weighted by Crippen LogP contribution is -2.41. The first-order chi connectivity index (χ1) is 12.2. The minimum Gasteiger partial charge on any atom is -0.342 e. The third kappa shape index (κ3) is 4.76. The maximum atomic E-state index is 12.7. The summed E-state index contributed by atoms with van der Waals surface area (Å²) in [4.78, 5) is 32.3. The maximum absolute atomic E-state index is 12.7. The molecule has 136 valence electrons. The molecule has 3 rings (SSSR count). The number of benzene rings is 1. The Morgan fingerprint density at radius 1 is 0.880 bits per heavy atom. The lowest BCUT2D eigenvalue weighted by molar-refractivity contribution is -0.131. The van der Waals surface area contributed by atoms with Gasteiger partial charge in [0, 0.05) is 49.7 Å². The van der Waals surface area contributed by atoms with Gasteiger partial charge in [-0.1, -0.05) is 0 Å². The van der Waals surface area contributed by atoms with Gasteiger partial charge < -0.3 is 9.80 Å². The van der Waals surface area contributed by atoms with E-state index in [1.54, 1.807) is 11.8 Å². The van der Waals surface area contributed by atoms with E-state index in [1.807, 2.05) is 40.3 Å². The zero-order valence-corrected chi connectivity index (χ0v) is 15.8. The molecule has 2 aliphatic heterocycles. The van der Waals surface area contributed by atoms with Gasteiger partial charge in [-0.2, -0.15) is 0 Å². The molecule has 0 radical (unpaired) electrons. The van der Waals surface area contributed by atoms with Crippen molar-refractivity contribution in [1.82, 2.24) is 14.7 Å². The van der Waals surface area contributed by atoms with Crippen molar-refractivity contribution in [2.45, 2.75) is 24.2 Å². The van der Waals surface area contributed by atoms with E-state index in [1.165, 1.54) is 4.90 Å². The van der Waals surface area contributed by atoms with Gasteiger partial charge in [0.1, 0.15) is 0 Å². The molecule has 5 nitrogen and oxygen atoms in total. The highest BCUT2D eigenvalue weighted by atomic mass is 32.2. The molecule has 2 fully saturated rings. The summed E-state index contributed by atoms with van der Waals surface area (Å²) in [5, 5.41) is 0. The van der Waals surface area contributed by atoms with Crippen LogP contribution in [0.3, 0.4) is 0 Å². The molecule has 0 bridgehead atoms. The van der Waals surface area contributed by atoms with E-state index in [-0.39, 0.29) is 11.8 Å². The molecule has 0 spiro atoms. The molecule has 1 aromatic carbocycles. The average Bonchev–Trinajstić information content (AvgIpc) is 3.09. The normalized spacial score (nSPS) is 19.1. The molecule has 1 aromatic rings. The summed E-state index contributed by atoms with van der Waals surface area (Å²) in [6.45, 7) is 5.41. The Morgan fingerprint density at radius 3 is 2.24 bits per heavy atom. The molecule has 0 aromatic heterocycles. The van der Waals surface area contributed by atoms with Gasteiger partial charge in [-0.05, 0) is 49.8 Å². The first-order valence-corrected chi connectivity index (χ1v) is 10.3. The highest BCUT2D eigenvalue weighted by Crippen LogP contribution is 2.17. The van der Waals surface area contributed by atoms with Crippen molar-refractivity contribution < 1.29 is 9.59 Å². The van der Waals surface area contributed by atoms with Crippen LogP contribution in [-0.4, -0.2) is 78.6 Å². The van der Waals surface area contributed by atoms with E-state index in [2.05, 4.69) is 4.90 Å². The van der Waals surface area contributed by atoms with Crippen molar-refractivity contribution in [3.8, 4) is 0 Å². The third-order valence-electron chi connectivity index (χ3n) is 5.03. The first-order valence-electron chi connectivity index (χ1n) is 9.11. The summed E-state index contributed by atoms with van der Waals surface area (Å²) in [6, 6.07) is 7.81. The number of thioether (sulfide) groups is 1. The number of carbonyl (C=O) groups excluding carboxylic acids is 2. The molecule has 25 heavy (non-hydrogen) atoms. The second-order valence-electron chi connectivity index (χ2n) is 6.74. The van der Waals surface area contributed by atoms with Gasteiger partial charge in [-0.25, -0.2) is 0 Å². The monoisotopic (exact) mass is 361 g/mol. The van der Waals surface area contributed by atoms with Gasteiger partial charge >= 0.3 is 0 Å². The Bertz CT molecular complexity index is 599. The quantitative estimate of drug-likeness (QED) is 0.771. The van der Waals surface area contributed by atoms with Gasteiger partial charge in [-0.15, -0.1) is 11.8 Å². The summed E-state index contributed by atoms with van der Waals surface area (Å²) in [7, 11) is 0. The van der Waals surface area contributed by atoms with E-state index in [4.69, 9.17) is 0 Å². The second kappa shape index (κ2) is 8.72. The lowest BCUT2D eigenvalue weighted by Gasteiger charge is -2.24. The number of nitrogens with zero attached hydrogens (tertiary/aromatic N) is 3. The summed E-state index contributed by atoms with van der Waals surface area (Å²) in [6.07, 6.45) is 5.21. The Morgan fingerprint density at radius 2 is 1.56 bits per heavy atom. The van der Waals surface area contributed by atoms with Crippen molar-refractivity contribution in [2.75, 3.05) is 52.1 Å². The average molecular weight is 362 g/mol. The molecule has 0 unspecified atom stereocenters. The number of amides is 2. The minimum atomic E-state index is 0.0976. The number of hydrogen-bond acceptors (Lipinski definition) is 4. The van der Waals surface area contributed by atoms with Crippen molar-refractivity contribution in [2.24, 2.45) is 0 Å². The van der Waals surface area contributed by atoms with Crippen LogP contribution in [0.2, 0.25) is 0 Å². The summed E-state index contributed by atoms with van der Waals surface area (Å²) >= 11 is 1.68. The smallest absolute Gasteiger partial charge is 0.253 e. The van der Waals surface area contributed by atoms with Gasteiger partial charge in [-0.3, -0.25) is 14.5 Å². The predicted molar refractivity (Wildman–Crippen MR) is 101 cm³/mol. The van der Waals surface area contributed by atoms with Crippen LogP contribution in [0.4, 0.5) is 0 Å². The number of rotatable bonds is 4. The molecular formula is C19H27N3O2S. The number of carbonyl (C=O) groups is 2. The molecule has 0 N–H and O–H groups in total. The highest BCUT2D eigenvalue weighted by molar-refractivity contribution is 7.98. The first kappa shape index (κ1) is 18.3. The molecular weight excluding hydrogens is 334 g/mol. The molecule has 2 heterocycles. The van der Waals surface area contributed by atoms with E-state index in [9.17, 15) is 9.59 Å². The van der Waals surface area contributed by atoms with E-state index < -0.39 is 0 Å². The zero-order chi connectivity index (χ0) is 17.6. The van der Waals surface area contributed by atoms with Gasteiger partial charge in [0.15, 0.2) is 0 Å². The standard InChI is InChI=1S/C19H27N3O2S/c1-25-17-7-5-16(6-8-17)19(24)22-12-4-9-20(13-14-22)15-18(23)21-10-2-3-11-21/h5-8H,2-4,9-15H2,1H3. The fraction of sp³-hybridized carbons (Fsp3) is 0.579. The molecule has 2 saturated heterocycles. The third-order valence-corrected chi connectivity index (χ3v) is 5.77. The SMILES string of the molecule is CSc1ccc(C(=O)N2CCCN(CC(=O)N3CCCC3)CC2)cc1. The second-order valence-corrected chi connectivity index (χ2v) is 7.62. The van der Waals surface area contributed by atoms with Gasteiger partial charge in [0.2, 0.25) is 5.91 Å². The van der Waals surface area contributed by atoms with E-state index in [0.717, 1.165) is 57.5 Å². The van der Waals surface area contributed by atoms with Crippen molar-refractivity contribution >= 4 is 23.6 Å². The molecule has 2 aliphatic rings. The Balaban J connectivity index is 1.53. The van der Waals surface area contributed by atoms with Gasteiger partial charge in [0.05, 0.1) is 6.54 Å². The topological polar surface area (TPSA) is 43.9 Å². The van der Waals surface area contributed by atoms with Crippen molar-refractivity contribution in [1.29, 1.82) is 0 Å². The van der Waals surface area contributed by atoms with Crippen molar-refractivity contribution in [3.05, 3.63) is 29.8 Å². The molecule has 6 heteroatoms. The number of hydrogen-bond donors (Lipinski definition) is 0. The van der Waals surface area contributed by atoms with E-state index in [0.29, 0.717) is 13.1 Å². The lowest BCUT2D eigenvalue weighted by atomic mass is 10.2. The summed E-state index contributed by atoms with van der Waals surface area (Å²) < 4.78 is 0. The van der Waals surface area contributed by atoms with Crippen LogP contribution >= 0.6 is 11.8 Å². The zero-order valence-electron chi connectivity index (χ0n) is 14.9. The Hall–Kier alpha value is -1.53. The van der Waals surface area contributed by atoms with E-state index >= 15 is 0 Å². The van der Waals surface area contributed by atoms with Crippen LogP contribution in [0.15, 0.2) is 29.2 Å². The molecule has 0 atom stereocenters. The molecule has 0 saturated carbocycles. The molecule has 0 aliphatic carbocycles. The van der Waals surface area contributed by atoms with Crippen LogP contribution in [0.25, 0.3) is 0 Å². The van der Waals surface area contributed by atoms with Crippen molar-refractivity contribution in [3.63, 3.8) is 0 Å². The maximum Gasteiger partial charge on any atom is 0.253 e. The van der Waals surface area contributed by atoms with Crippen LogP contribution in [-0.2, 0) is 4.79 Å². The minimum absolute atomic E-state index is 0.0976. The highest BCUT2D eigenvalue weighted by Gasteiger charge is 2.24. The Kier molecular flexibility index (Phi) is 6.37. The summed E-state index contributed by atoms with van der Waals surface area (Å²) in [5.74, 6) is 0.338. The van der Waals surface area contributed by atoms with Crippen LogP contribution in [0, 0.1) is 0 Å².